The number of sulfonamides is 1. The molecule has 0 radical (unpaired) electrons. The Morgan fingerprint density at radius 3 is 2.52 bits per heavy atom. The van der Waals surface area contributed by atoms with Crippen LogP contribution in [-0.4, -0.2) is 26.2 Å². The van der Waals surface area contributed by atoms with Crippen molar-refractivity contribution in [3.63, 3.8) is 0 Å². The maximum absolute atomic E-state index is 12.3. The average Bonchev–Trinajstić information content (AvgIpc) is 2.96. The van der Waals surface area contributed by atoms with Crippen LogP contribution in [0.1, 0.15) is 31.9 Å². The van der Waals surface area contributed by atoms with Crippen LogP contribution in [0, 0.1) is 6.92 Å². The number of aryl methyl sites for hydroxylation is 1. The third-order valence-corrected chi connectivity index (χ3v) is 4.73. The SMILES string of the molecule is CCCCCNC(=O)Nc1ccc(S(=O)(=O)Nc2cc(C)on2)cc1. The molecule has 0 bridgehead atoms. The van der Waals surface area contributed by atoms with Gasteiger partial charge < -0.3 is 15.2 Å². The highest BCUT2D eigenvalue weighted by molar-refractivity contribution is 7.92. The summed E-state index contributed by atoms with van der Waals surface area (Å²) in [5.41, 5.74) is 0.504. The Labute approximate surface area is 147 Å². The fourth-order valence-electron chi connectivity index (χ4n) is 2.08. The number of rotatable bonds is 8. The monoisotopic (exact) mass is 366 g/mol. The molecule has 9 heteroatoms. The molecule has 0 aliphatic rings. The van der Waals surface area contributed by atoms with Crippen molar-refractivity contribution in [1.29, 1.82) is 0 Å². The molecular formula is C16H22N4O4S. The lowest BCUT2D eigenvalue weighted by atomic mass is 10.2. The van der Waals surface area contributed by atoms with E-state index < -0.39 is 10.0 Å². The number of anilines is 2. The second-order valence-corrected chi connectivity index (χ2v) is 7.22. The quantitative estimate of drug-likeness (QED) is 0.621. The fourth-order valence-corrected chi connectivity index (χ4v) is 3.06. The lowest BCUT2D eigenvalue weighted by molar-refractivity contribution is 0.252. The minimum atomic E-state index is -3.77. The zero-order valence-electron chi connectivity index (χ0n) is 14.2. The Balaban J connectivity index is 1.93. The Morgan fingerprint density at radius 2 is 1.92 bits per heavy atom. The van der Waals surface area contributed by atoms with Crippen LogP contribution in [0.15, 0.2) is 39.8 Å². The molecule has 0 unspecified atom stereocenters. The first-order chi connectivity index (χ1) is 11.9. The molecule has 0 saturated carbocycles. The van der Waals surface area contributed by atoms with E-state index in [1.807, 2.05) is 0 Å². The smallest absolute Gasteiger partial charge is 0.319 e. The van der Waals surface area contributed by atoms with Crippen molar-refractivity contribution in [2.75, 3.05) is 16.6 Å². The van der Waals surface area contributed by atoms with Crippen LogP contribution >= 0.6 is 0 Å². The number of hydrogen-bond acceptors (Lipinski definition) is 5. The highest BCUT2D eigenvalue weighted by atomic mass is 32.2. The van der Waals surface area contributed by atoms with Gasteiger partial charge in [0.1, 0.15) is 5.76 Å². The summed E-state index contributed by atoms with van der Waals surface area (Å²) in [5.74, 6) is 0.619. The van der Waals surface area contributed by atoms with Gasteiger partial charge in [-0.3, -0.25) is 4.72 Å². The largest absolute Gasteiger partial charge is 0.360 e. The van der Waals surface area contributed by atoms with Crippen molar-refractivity contribution < 1.29 is 17.7 Å². The maximum atomic E-state index is 12.3. The Hall–Kier alpha value is -2.55. The summed E-state index contributed by atoms with van der Waals surface area (Å²) in [6.07, 6.45) is 3.07. The van der Waals surface area contributed by atoms with Crippen LogP contribution in [0.25, 0.3) is 0 Å². The number of amides is 2. The van der Waals surface area contributed by atoms with E-state index in [1.165, 1.54) is 30.3 Å². The topological polar surface area (TPSA) is 113 Å². The number of aromatic nitrogens is 1. The number of carbonyl (C=O) groups excluding carboxylic acids is 1. The first-order valence-corrected chi connectivity index (χ1v) is 9.50. The highest BCUT2D eigenvalue weighted by Crippen LogP contribution is 2.18. The molecule has 2 amide bonds. The van der Waals surface area contributed by atoms with E-state index in [0.29, 0.717) is 18.0 Å². The molecule has 1 aromatic carbocycles. The first kappa shape index (κ1) is 18.8. The molecule has 2 rings (SSSR count). The molecule has 25 heavy (non-hydrogen) atoms. The fraction of sp³-hybridized carbons (Fsp3) is 0.375. The minimum absolute atomic E-state index is 0.0575. The average molecular weight is 366 g/mol. The summed E-state index contributed by atoms with van der Waals surface area (Å²) >= 11 is 0. The Kier molecular flexibility index (Phi) is 6.40. The van der Waals surface area contributed by atoms with Crippen LogP contribution in [0.3, 0.4) is 0 Å². The summed E-state index contributed by atoms with van der Waals surface area (Å²) in [6.45, 7) is 4.36. The number of hydrogen-bond donors (Lipinski definition) is 3. The molecule has 1 heterocycles. The van der Waals surface area contributed by atoms with E-state index >= 15 is 0 Å². The van der Waals surface area contributed by atoms with Gasteiger partial charge in [0, 0.05) is 18.3 Å². The second kappa shape index (κ2) is 8.52. The summed E-state index contributed by atoms with van der Waals surface area (Å²) in [7, 11) is -3.77. The number of carbonyl (C=O) groups is 1. The molecule has 0 spiro atoms. The van der Waals surface area contributed by atoms with Gasteiger partial charge in [-0.1, -0.05) is 24.9 Å². The third-order valence-electron chi connectivity index (χ3n) is 3.36. The summed E-state index contributed by atoms with van der Waals surface area (Å²) in [4.78, 5) is 11.8. The van der Waals surface area contributed by atoms with Gasteiger partial charge in [-0.25, -0.2) is 13.2 Å². The van der Waals surface area contributed by atoms with Crippen LogP contribution in [0.2, 0.25) is 0 Å². The highest BCUT2D eigenvalue weighted by Gasteiger charge is 2.16. The molecule has 0 aliphatic carbocycles. The van der Waals surface area contributed by atoms with E-state index in [1.54, 1.807) is 6.92 Å². The van der Waals surface area contributed by atoms with Crippen LogP contribution in [0.4, 0.5) is 16.3 Å². The zero-order chi connectivity index (χ0) is 18.3. The predicted molar refractivity (Wildman–Crippen MR) is 95.0 cm³/mol. The van der Waals surface area contributed by atoms with Crippen molar-refractivity contribution in [3.8, 4) is 0 Å². The number of urea groups is 1. The van der Waals surface area contributed by atoms with Gasteiger partial charge in [0.05, 0.1) is 4.90 Å². The van der Waals surface area contributed by atoms with Crippen molar-refractivity contribution in [2.24, 2.45) is 0 Å². The number of benzene rings is 1. The maximum Gasteiger partial charge on any atom is 0.319 e. The van der Waals surface area contributed by atoms with Gasteiger partial charge in [-0.15, -0.1) is 0 Å². The van der Waals surface area contributed by atoms with Crippen LogP contribution < -0.4 is 15.4 Å². The second-order valence-electron chi connectivity index (χ2n) is 5.54. The molecule has 0 atom stereocenters. The normalized spacial score (nSPS) is 11.1. The summed E-state index contributed by atoms with van der Waals surface area (Å²) in [6, 6.07) is 7.02. The van der Waals surface area contributed by atoms with Crippen molar-refractivity contribution in [3.05, 3.63) is 36.1 Å². The zero-order valence-corrected chi connectivity index (χ0v) is 15.0. The van der Waals surface area contributed by atoms with Gasteiger partial charge in [0.25, 0.3) is 10.0 Å². The number of nitrogens with zero attached hydrogens (tertiary/aromatic N) is 1. The van der Waals surface area contributed by atoms with Crippen LogP contribution in [-0.2, 0) is 10.0 Å². The third kappa shape index (κ3) is 5.79. The van der Waals surface area contributed by atoms with Crippen molar-refractivity contribution >= 4 is 27.6 Å². The predicted octanol–water partition coefficient (Wildman–Crippen LogP) is 3.10. The van der Waals surface area contributed by atoms with Gasteiger partial charge in [-0.05, 0) is 37.6 Å². The summed E-state index contributed by atoms with van der Waals surface area (Å²) < 4.78 is 31.7. The minimum Gasteiger partial charge on any atom is -0.360 e. The number of unbranched alkanes of at least 4 members (excludes halogenated alkanes) is 2. The summed E-state index contributed by atoms with van der Waals surface area (Å²) in [5, 5.41) is 9.00. The Bertz CT molecular complexity index is 800. The van der Waals surface area contributed by atoms with E-state index in [0.717, 1.165) is 19.3 Å². The van der Waals surface area contributed by atoms with E-state index in [-0.39, 0.29) is 16.7 Å². The van der Waals surface area contributed by atoms with Gasteiger partial charge in [0.15, 0.2) is 5.82 Å². The van der Waals surface area contributed by atoms with Crippen molar-refractivity contribution in [2.45, 2.75) is 38.0 Å². The standard InChI is InChI=1S/C16H22N4O4S/c1-3-4-5-10-17-16(21)18-13-6-8-14(9-7-13)25(22,23)20-15-11-12(2)24-19-15/h6-9,11H,3-5,10H2,1-2H3,(H,19,20)(H2,17,18,21). The molecule has 3 N–H and O–H groups in total. The molecule has 1 aromatic heterocycles. The lowest BCUT2D eigenvalue weighted by Crippen LogP contribution is -2.29. The van der Waals surface area contributed by atoms with Crippen molar-refractivity contribution in [1.82, 2.24) is 10.5 Å². The number of nitrogens with one attached hydrogen (secondary N) is 3. The van der Waals surface area contributed by atoms with Crippen LogP contribution in [0.5, 0.6) is 0 Å². The van der Waals surface area contributed by atoms with E-state index in [9.17, 15) is 13.2 Å². The van der Waals surface area contributed by atoms with E-state index in [4.69, 9.17) is 4.52 Å². The van der Waals surface area contributed by atoms with E-state index in [2.05, 4.69) is 27.4 Å². The molecule has 8 nitrogen and oxygen atoms in total. The van der Waals surface area contributed by atoms with Gasteiger partial charge >= 0.3 is 6.03 Å². The molecule has 0 aliphatic heterocycles. The Morgan fingerprint density at radius 1 is 1.20 bits per heavy atom. The lowest BCUT2D eigenvalue weighted by Gasteiger charge is -2.09. The first-order valence-electron chi connectivity index (χ1n) is 8.02. The molecular weight excluding hydrogens is 344 g/mol. The van der Waals surface area contributed by atoms with Gasteiger partial charge in [0.2, 0.25) is 0 Å². The molecule has 0 fully saturated rings. The molecule has 0 saturated heterocycles. The molecule has 2 aromatic rings. The molecule has 136 valence electrons. The van der Waals surface area contributed by atoms with Gasteiger partial charge in [-0.2, -0.15) is 0 Å².